The minimum absolute atomic E-state index is 0.0600. The van der Waals surface area contributed by atoms with Crippen molar-refractivity contribution in [2.75, 3.05) is 26.1 Å². The molecule has 0 radical (unpaired) electrons. The Labute approximate surface area is 203 Å². The number of halogens is 1. The summed E-state index contributed by atoms with van der Waals surface area (Å²) in [6.45, 7) is 2.78. The average molecular weight is 567 g/mol. The minimum atomic E-state index is -0.312. The van der Waals surface area contributed by atoms with Gasteiger partial charge in [-0.1, -0.05) is 23.5 Å². The number of methoxy groups -OCH3 is 1. The van der Waals surface area contributed by atoms with Crippen molar-refractivity contribution < 1.29 is 19.0 Å². The largest absolute Gasteiger partial charge is 0.493 e. The maximum atomic E-state index is 11.9. The van der Waals surface area contributed by atoms with Crippen molar-refractivity contribution in [2.45, 2.75) is 13.3 Å². The molecule has 0 aliphatic carbocycles. The molecule has 0 unspecified atom stereocenters. The number of carbonyl (C=O) groups is 1. The molecule has 0 saturated heterocycles. The second-order valence-electron chi connectivity index (χ2n) is 6.55. The zero-order valence-corrected chi connectivity index (χ0v) is 20.5. The lowest BCUT2D eigenvalue weighted by Crippen LogP contribution is -2.19. The summed E-state index contributed by atoms with van der Waals surface area (Å²) in [6, 6.07) is 11.5. The predicted molar refractivity (Wildman–Crippen MR) is 132 cm³/mol. The minimum Gasteiger partial charge on any atom is -0.493 e. The van der Waals surface area contributed by atoms with Crippen molar-refractivity contribution in [3.63, 3.8) is 0 Å². The van der Waals surface area contributed by atoms with Crippen molar-refractivity contribution >= 4 is 51.2 Å². The van der Waals surface area contributed by atoms with Crippen molar-refractivity contribution in [1.82, 2.24) is 15.6 Å². The van der Waals surface area contributed by atoms with Gasteiger partial charge in [-0.25, -0.2) is 5.43 Å². The van der Waals surface area contributed by atoms with E-state index in [9.17, 15) is 4.79 Å². The van der Waals surface area contributed by atoms with E-state index >= 15 is 0 Å². The number of ether oxygens (including phenoxy) is 3. The molecule has 32 heavy (non-hydrogen) atoms. The first kappa shape index (κ1) is 23.7. The molecule has 0 fully saturated rings. The first-order valence-corrected chi connectivity index (χ1v) is 11.4. The van der Waals surface area contributed by atoms with Crippen LogP contribution in [0.15, 0.2) is 41.5 Å². The Morgan fingerprint density at radius 3 is 2.78 bits per heavy atom. The van der Waals surface area contributed by atoms with Gasteiger partial charge >= 0.3 is 0 Å². The van der Waals surface area contributed by atoms with Crippen LogP contribution >= 0.6 is 33.9 Å². The van der Waals surface area contributed by atoms with Crippen molar-refractivity contribution in [2.24, 2.45) is 5.10 Å². The molecular weight excluding hydrogens is 545 g/mol. The first-order valence-electron chi connectivity index (χ1n) is 9.54. The number of nitrogens with zero attached hydrogens (tertiary/aromatic N) is 3. The van der Waals surface area contributed by atoms with Gasteiger partial charge in [0.25, 0.3) is 0 Å². The Balaban J connectivity index is 1.54. The van der Waals surface area contributed by atoms with Crippen LogP contribution in [0.2, 0.25) is 0 Å². The van der Waals surface area contributed by atoms with E-state index in [0.717, 1.165) is 31.8 Å². The van der Waals surface area contributed by atoms with Gasteiger partial charge in [-0.15, -0.1) is 10.2 Å². The van der Waals surface area contributed by atoms with Gasteiger partial charge in [0.2, 0.25) is 11.0 Å². The predicted octanol–water partition coefficient (Wildman–Crippen LogP) is 3.19. The highest BCUT2D eigenvalue weighted by Gasteiger charge is 2.12. The summed E-state index contributed by atoms with van der Waals surface area (Å²) in [5.41, 5.74) is 9.85. The molecule has 9 nitrogen and oxygen atoms in total. The molecule has 3 N–H and O–H groups in total. The number of nitrogens with two attached hydrogens (primary N) is 1. The van der Waals surface area contributed by atoms with Crippen LogP contribution in [-0.4, -0.2) is 42.6 Å². The maximum absolute atomic E-state index is 11.9. The van der Waals surface area contributed by atoms with Gasteiger partial charge in [0.15, 0.2) is 11.5 Å². The maximum Gasteiger partial charge on any atom is 0.247 e. The Morgan fingerprint density at radius 2 is 2.06 bits per heavy atom. The molecule has 0 spiro atoms. The van der Waals surface area contributed by atoms with E-state index in [1.165, 1.54) is 6.21 Å². The van der Waals surface area contributed by atoms with Crippen LogP contribution in [0.25, 0.3) is 0 Å². The molecule has 0 saturated carbocycles. The molecule has 11 heteroatoms. The number of hydrogen-bond donors (Lipinski definition) is 2. The van der Waals surface area contributed by atoms with E-state index in [1.54, 1.807) is 13.2 Å². The quantitative estimate of drug-likeness (QED) is 0.167. The molecule has 0 aliphatic rings. The van der Waals surface area contributed by atoms with Gasteiger partial charge in [-0.2, -0.15) is 5.10 Å². The number of nitrogens with one attached hydrogen (secondary N) is 1. The summed E-state index contributed by atoms with van der Waals surface area (Å²) in [4.78, 5) is 11.9. The van der Waals surface area contributed by atoms with Crippen molar-refractivity contribution in [1.29, 1.82) is 0 Å². The number of aromatic nitrogens is 2. The molecule has 0 aliphatic heterocycles. The van der Waals surface area contributed by atoms with Crippen LogP contribution in [-0.2, 0) is 11.2 Å². The Bertz CT molecular complexity index is 1110. The number of rotatable bonds is 10. The van der Waals surface area contributed by atoms with Crippen molar-refractivity contribution in [3.05, 3.63) is 56.1 Å². The lowest BCUT2D eigenvalue weighted by molar-refractivity contribution is -0.120. The Kier molecular flexibility index (Phi) is 8.62. The van der Waals surface area contributed by atoms with E-state index in [-0.39, 0.29) is 12.3 Å². The standard InChI is InChI=1S/C21H22IN5O4S/c1-13-4-3-5-15(8-13)30-6-7-31-20-16(22)9-14(10-17(20)29-2)12-24-25-18(28)11-19-26-27-21(23)32-19/h3-5,8-10,12H,6-7,11H2,1-2H3,(H2,23,27)(H,25,28)/b24-12-. The Morgan fingerprint density at radius 1 is 1.25 bits per heavy atom. The van der Waals surface area contributed by atoms with Crippen LogP contribution in [0, 0.1) is 10.5 Å². The highest BCUT2D eigenvalue weighted by atomic mass is 127. The third-order valence-electron chi connectivity index (χ3n) is 4.04. The number of hydrogen-bond acceptors (Lipinski definition) is 9. The summed E-state index contributed by atoms with van der Waals surface area (Å²) in [5.74, 6) is 1.67. The summed E-state index contributed by atoms with van der Waals surface area (Å²) < 4.78 is 17.9. The number of anilines is 1. The van der Waals surface area contributed by atoms with E-state index in [0.29, 0.717) is 34.9 Å². The zero-order valence-electron chi connectivity index (χ0n) is 17.5. The lowest BCUT2D eigenvalue weighted by Gasteiger charge is -2.14. The van der Waals surface area contributed by atoms with E-state index < -0.39 is 0 Å². The zero-order chi connectivity index (χ0) is 22.9. The number of amides is 1. The topological polar surface area (TPSA) is 121 Å². The molecule has 1 heterocycles. The van der Waals surface area contributed by atoms with Gasteiger partial charge in [0.1, 0.15) is 24.0 Å². The second-order valence-corrected chi connectivity index (χ2v) is 8.81. The molecule has 1 aromatic heterocycles. The average Bonchev–Trinajstić information content (AvgIpc) is 3.16. The third-order valence-corrected chi connectivity index (χ3v) is 5.59. The highest BCUT2D eigenvalue weighted by Crippen LogP contribution is 2.33. The van der Waals surface area contributed by atoms with E-state index in [4.69, 9.17) is 19.9 Å². The van der Waals surface area contributed by atoms with Crippen LogP contribution in [0.4, 0.5) is 5.13 Å². The van der Waals surface area contributed by atoms with E-state index in [1.807, 2.05) is 37.3 Å². The van der Waals surface area contributed by atoms with Crippen LogP contribution < -0.4 is 25.4 Å². The highest BCUT2D eigenvalue weighted by molar-refractivity contribution is 14.1. The number of aryl methyl sites for hydroxylation is 1. The fourth-order valence-corrected chi connectivity index (χ4v) is 4.05. The van der Waals surface area contributed by atoms with Gasteiger partial charge in [0, 0.05) is 0 Å². The second kappa shape index (κ2) is 11.6. The van der Waals surface area contributed by atoms with Crippen LogP contribution in [0.3, 0.4) is 0 Å². The van der Waals surface area contributed by atoms with Gasteiger partial charge in [0.05, 0.1) is 23.3 Å². The van der Waals surface area contributed by atoms with Gasteiger partial charge < -0.3 is 19.9 Å². The first-order chi connectivity index (χ1) is 15.4. The molecule has 1 amide bonds. The monoisotopic (exact) mass is 567 g/mol. The number of hydrazone groups is 1. The summed E-state index contributed by atoms with van der Waals surface area (Å²) in [6.07, 6.45) is 1.59. The molecule has 0 bridgehead atoms. The summed E-state index contributed by atoms with van der Waals surface area (Å²) >= 11 is 3.33. The smallest absolute Gasteiger partial charge is 0.247 e. The molecule has 168 valence electrons. The van der Waals surface area contributed by atoms with Crippen LogP contribution in [0.5, 0.6) is 17.2 Å². The van der Waals surface area contributed by atoms with Gasteiger partial charge in [-0.3, -0.25) is 4.79 Å². The Hall–Kier alpha value is -2.93. The van der Waals surface area contributed by atoms with Crippen molar-refractivity contribution in [3.8, 4) is 17.2 Å². The number of carbonyl (C=O) groups excluding carboxylic acids is 1. The van der Waals surface area contributed by atoms with Gasteiger partial charge in [-0.05, 0) is 64.9 Å². The third kappa shape index (κ3) is 7.05. The SMILES string of the molecule is COc1cc(/C=N\NC(=O)Cc2nnc(N)s2)cc(I)c1OCCOc1cccc(C)c1. The fraction of sp³-hybridized carbons (Fsp3) is 0.238. The van der Waals surface area contributed by atoms with Crippen LogP contribution in [0.1, 0.15) is 16.1 Å². The summed E-state index contributed by atoms with van der Waals surface area (Å²) in [7, 11) is 1.57. The van der Waals surface area contributed by atoms with E-state index in [2.05, 4.69) is 43.3 Å². The summed E-state index contributed by atoms with van der Waals surface area (Å²) in [5, 5.41) is 12.3. The molecule has 0 atom stereocenters. The number of benzene rings is 2. The molecule has 2 aromatic carbocycles. The molecule has 3 rings (SSSR count). The normalized spacial score (nSPS) is 10.8. The lowest BCUT2D eigenvalue weighted by atomic mass is 10.2. The molecule has 3 aromatic rings. The number of nitrogen functional groups attached to an aromatic ring is 1. The fourth-order valence-electron chi connectivity index (χ4n) is 2.66. The molecular formula is C21H22IN5O4S.